The molecule has 0 aliphatic rings. The number of aryl methyl sites for hydroxylation is 1. The molecule has 0 radical (unpaired) electrons. The number of benzene rings is 1. The van der Waals surface area contributed by atoms with E-state index in [-0.39, 0.29) is 29.5 Å². The Morgan fingerprint density at radius 1 is 1.24 bits per heavy atom. The quantitative estimate of drug-likeness (QED) is 0.634. The minimum Gasteiger partial charge on any atom is -0.383 e. The minimum absolute atomic E-state index is 0.0342. The van der Waals surface area contributed by atoms with Crippen LogP contribution in [-0.2, 0) is 26.8 Å². The molecule has 2 aromatic rings. The molecule has 8 heteroatoms. The van der Waals surface area contributed by atoms with Crippen molar-refractivity contribution in [2.24, 2.45) is 7.05 Å². The second-order valence-electron chi connectivity index (χ2n) is 7.75. The number of rotatable bonds is 9. The van der Waals surface area contributed by atoms with Crippen LogP contribution in [0.15, 0.2) is 41.3 Å². The van der Waals surface area contributed by atoms with Crippen LogP contribution < -0.4 is 5.32 Å². The predicted molar refractivity (Wildman–Crippen MR) is 116 cm³/mol. The van der Waals surface area contributed by atoms with Gasteiger partial charge in [0.2, 0.25) is 11.8 Å². The van der Waals surface area contributed by atoms with Crippen LogP contribution in [-0.4, -0.2) is 59.1 Å². The number of carbonyl (C=O) groups is 2. The maximum Gasteiger partial charge on any atom is 0.245 e. The summed E-state index contributed by atoms with van der Waals surface area (Å²) < 4.78 is 6.74. The molecule has 0 bridgehead atoms. The van der Waals surface area contributed by atoms with Gasteiger partial charge in [0.25, 0.3) is 0 Å². The van der Waals surface area contributed by atoms with Gasteiger partial charge in [0.05, 0.1) is 18.1 Å². The van der Waals surface area contributed by atoms with Crippen molar-refractivity contribution < 1.29 is 14.3 Å². The Hall–Kier alpha value is -2.32. The molecule has 29 heavy (non-hydrogen) atoms. The lowest BCUT2D eigenvalue weighted by Crippen LogP contribution is -2.41. The molecule has 0 saturated carbocycles. The lowest BCUT2D eigenvalue weighted by molar-refractivity contribution is -0.133. The summed E-state index contributed by atoms with van der Waals surface area (Å²) in [6.45, 7) is 6.89. The molecule has 0 spiro atoms. The zero-order valence-corrected chi connectivity index (χ0v) is 18.6. The van der Waals surface area contributed by atoms with E-state index < -0.39 is 0 Å². The molecule has 0 saturated heterocycles. The van der Waals surface area contributed by atoms with Crippen LogP contribution in [0.25, 0.3) is 0 Å². The summed E-state index contributed by atoms with van der Waals surface area (Å²) in [5.74, 6) is 0.507. The van der Waals surface area contributed by atoms with E-state index in [0.717, 1.165) is 10.6 Å². The number of hydrogen-bond donors (Lipinski definition) is 1. The highest BCUT2D eigenvalue weighted by atomic mass is 32.2. The van der Waals surface area contributed by atoms with Gasteiger partial charge in [-0.3, -0.25) is 14.3 Å². The first-order valence-electron chi connectivity index (χ1n) is 9.49. The van der Waals surface area contributed by atoms with Crippen LogP contribution in [0.1, 0.15) is 26.5 Å². The Balaban J connectivity index is 1.98. The zero-order chi connectivity index (χ0) is 21.4. The second-order valence-corrected chi connectivity index (χ2v) is 8.80. The van der Waals surface area contributed by atoms with Gasteiger partial charge >= 0.3 is 0 Å². The molecule has 1 aromatic heterocycles. The van der Waals surface area contributed by atoms with Crippen molar-refractivity contribution in [3.05, 3.63) is 42.1 Å². The SMILES string of the molecule is COCCN(CC(=O)Nc1cc(C(C)(C)C)nn1C)C(=O)CSc1ccccc1. The molecule has 0 fully saturated rings. The summed E-state index contributed by atoms with van der Waals surface area (Å²) in [6.07, 6.45) is 0. The average molecular weight is 419 g/mol. The van der Waals surface area contributed by atoms with Crippen LogP contribution in [0.2, 0.25) is 0 Å². The molecule has 2 rings (SSSR count). The lowest BCUT2D eigenvalue weighted by Gasteiger charge is -2.21. The van der Waals surface area contributed by atoms with Crippen molar-refractivity contribution in [2.45, 2.75) is 31.1 Å². The molecule has 158 valence electrons. The van der Waals surface area contributed by atoms with Gasteiger partial charge < -0.3 is 15.0 Å². The van der Waals surface area contributed by atoms with Crippen molar-refractivity contribution >= 4 is 29.4 Å². The Kier molecular flexibility index (Phi) is 8.28. The number of nitrogens with zero attached hydrogens (tertiary/aromatic N) is 3. The van der Waals surface area contributed by atoms with Crippen LogP contribution in [0.5, 0.6) is 0 Å². The average Bonchev–Trinajstić information content (AvgIpc) is 3.04. The van der Waals surface area contributed by atoms with E-state index in [1.54, 1.807) is 18.8 Å². The van der Waals surface area contributed by atoms with Crippen molar-refractivity contribution in [3.8, 4) is 0 Å². The first-order chi connectivity index (χ1) is 13.7. The van der Waals surface area contributed by atoms with Crippen molar-refractivity contribution in [1.29, 1.82) is 0 Å². The van der Waals surface area contributed by atoms with E-state index in [4.69, 9.17) is 4.74 Å². The number of aromatic nitrogens is 2. The normalized spacial score (nSPS) is 11.3. The number of anilines is 1. The highest BCUT2D eigenvalue weighted by molar-refractivity contribution is 8.00. The molecule has 1 heterocycles. The summed E-state index contributed by atoms with van der Waals surface area (Å²) in [7, 11) is 3.36. The van der Waals surface area contributed by atoms with E-state index in [9.17, 15) is 9.59 Å². The monoisotopic (exact) mass is 418 g/mol. The van der Waals surface area contributed by atoms with Gasteiger partial charge in [-0.1, -0.05) is 39.0 Å². The number of hydrogen-bond acceptors (Lipinski definition) is 5. The topological polar surface area (TPSA) is 76.5 Å². The number of nitrogens with one attached hydrogen (secondary N) is 1. The molecule has 0 atom stereocenters. The highest BCUT2D eigenvalue weighted by Crippen LogP contribution is 2.23. The van der Waals surface area contributed by atoms with E-state index in [1.807, 2.05) is 36.4 Å². The second kappa shape index (κ2) is 10.5. The standard InChI is InChI=1S/C21H30N4O3S/c1-21(2,3)17-13-18(24(4)23-17)22-19(26)14-25(11-12-28-5)20(27)15-29-16-9-7-6-8-10-16/h6-10,13H,11-12,14-15H2,1-5H3,(H,22,26). The maximum atomic E-state index is 12.7. The number of carbonyl (C=O) groups excluding carboxylic acids is 2. The van der Waals surface area contributed by atoms with E-state index in [1.165, 1.54) is 16.7 Å². The molecule has 7 nitrogen and oxygen atoms in total. The first kappa shape index (κ1) is 23.0. The largest absolute Gasteiger partial charge is 0.383 e. The van der Waals surface area contributed by atoms with Gasteiger partial charge in [-0.15, -0.1) is 11.8 Å². The third-order valence-corrected chi connectivity index (χ3v) is 5.27. The zero-order valence-electron chi connectivity index (χ0n) is 17.8. The van der Waals surface area contributed by atoms with E-state index in [0.29, 0.717) is 19.0 Å². The number of methoxy groups -OCH3 is 1. The summed E-state index contributed by atoms with van der Waals surface area (Å²) in [6, 6.07) is 11.6. The fourth-order valence-corrected chi connectivity index (χ4v) is 3.38. The summed E-state index contributed by atoms with van der Waals surface area (Å²) in [4.78, 5) is 27.8. The molecule has 2 amide bonds. The molecule has 0 aliphatic heterocycles. The minimum atomic E-state index is -0.261. The molecular weight excluding hydrogens is 388 g/mol. The van der Waals surface area contributed by atoms with Crippen LogP contribution in [0.3, 0.4) is 0 Å². The number of amides is 2. The molecular formula is C21H30N4O3S. The fourth-order valence-electron chi connectivity index (χ4n) is 2.55. The van der Waals surface area contributed by atoms with Gasteiger partial charge in [0.15, 0.2) is 0 Å². The smallest absolute Gasteiger partial charge is 0.245 e. The van der Waals surface area contributed by atoms with Crippen LogP contribution >= 0.6 is 11.8 Å². The first-order valence-corrected chi connectivity index (χ1v) is 10.5. The van der Waals surface area contributed by atoms with Gasteiger partial charge in [-0.2, -0.15) is 5.10 Å². The molecule has 1 aromatic carbocycles. The highest BCUT2D eigenvalue weighted by Gasteiger charge is 2.21. The summed E-state index contributed by atoms with van der Waals surface area (Å²) in [5, 5.41) is 7.32. The van der Waals surface area contributed by atoms with Gasteiger partial charge in [0.1, 0.15) is 12.4 Å². The van der Waals surface area contributed by atoms with Crippen LogP contribution in [0.4, 0.5) is 5.82 Å². The third kappa shape index (κ3) is 7.21. The van der Waals surface area contributed by atoms with Crippen molar-refractivity contribution in [3.63, 3.8) is 0 Å². The van der Waals surface area contributed by atoms with Crippen LogP contribution in [0, 0.1) is 0 Å². The Labute approximate surface area is 176 Å². The number of ether oxygens (including phenoxy) is 1. The van der Waals surface area contributed by atoms with Crippen molar-refractivity contribution in [1.82, 2.24) is 14.7 Å². The van der Waals surface area contributed by atoms with E-state index >= 15 is 0 Å². The Bertz CT molecular complexity index is 815. The molecule has 0 unspecified atom stereocenters. The maximum absolute atomic E-state index is 12.7. The van der Waals surface area contributed by atoms with Crippen molar-refractivity contribution in [2.75, 3.05) is 37.9 Å². The van der Waals surface area contributed by atoms with Gasteiger partial charge in [-0.25, -0.2) is 0 Å². The fraction of sp³-hybridized carbons (Fsp3) is 0.476. The third-order valence-electron chi connectivity index (χ3n) is 4.27. The molecule has 1 N–H and O–H groups in total. The number of thioether (sulfide) groups is 1. The Morgan fingerprint density at radius 2 is 1.93 bits per heavy atom. The summed E-state index contributed by atoms with van der Waals surface area (Å²) in [5.41, 5.74) is 0.775. The lowest BCUT2D eigenvalue weighted by atomic mass is 9.92. The predicted octanol–water partition coefficient (Wildman–Crippen LogP) is 2.92. The Morgan fingerprint density at radius 3 is 2.52 bits per heavy atom. The molecule has 0 aliphatic carbocycles. The summed E-state index contributed by atoms with van der Waals surface area (Å²) >= 11 is 1.45. The van der Waals surface area contributed by atoms with Gasteiger partial charge in [-0.05, 0) is 12.1 Å². The van der Waals surface area contributed by atoms with Gasteiger partial charge in [0, 0.05) is 37.1 Å². The van der Waals surface area contributed by atoms with E-state index in [2.05, 4.69) is 31.2 Å².